The molecule has 3 unspecified atom stereocenters. The van der Waals surface area contributed by atoms with Crippen LogP contribution in [0.5, 0.6) is 0 Å². The molecule has 0 amide bonds. The molecule has 0 N–H and O–H groups in total. The Bertz CT molecular complexity index is 327. The van der Waals surface area contributed by atoms with E-state index in [9.17, 15) is 8.78 Å². The third-order valence-corrected chi connectivity index (χ3v) is 5.39. The van der Waals surface area contributed by atoms with E-state index in [4.69, 9.17) is 9.47 Å². The fraction of sp³-hybridized carbons (Fsp3) is 1.00. The standard InChI is InChI=1S/C18H32F2O2/c1-4-11-21-17-10-9-16(12-14(17)3)22-18(19,20)15-7-5-13(2)6-8-15/h13-17H,4-12H2,1-3H3. The minimum atomic E-state index is -2.96. The van der Waals surface area contributed by atoms with Crippen molar-refractivity contribution < 1.29 is 18.3 Å². The summed E-state index contributed by atoms with van der Waals surface area (Å²) in [7, 11) is 0. The van der Waals surface area contributed by atoms with E-state index < -0.39 is 12.0 Å². The van der Waals surface area contributed by atoms with Gasteiger partial charge in [0.05, 0.1) is 18.1 Å². The first-order valence-corrected chi connectivity index (χ1v) is 9.09. The Kier molecular flexibility index (Phi) is 6.63. The lowest BCUT2D eigenvalue weighted by atomic mass is 9.82. The van der Waals surface area contributed by atoms with Crippen molar-refractivity contribution >= 4 is 0 Å². The molecule has 2 rings (SSSR count). The second kappa shape index (κ2) is 8.05. The monoisotopic (exact) mass is 318 g/mol. The van der Waals surface area contributed by atoms with Crippen molar-refractivity contribution in [3.63, 3.8) is 0 Å². The molecule has 2 saturated carbocycles. The zero-order chi connectivity index (χ0) is 16.2. The Labute approximate surface area is 133 Å². The van der Waals surface area contributed by atoms with Crippen molar-refractivity contribution in [1.82, 2.24) is 0 Å². The predicted octanol–water partition coefficient (Wildman–Crippen LogP) is 5.41. The van der Waals surface area contributed by atoms with Crippen LogP contribution in [0.2, 0.25) is 0 Å². The van der Waals surface area contributed by atoms with Gasteiger partial charge in [0.1, 0.15) is 0 Å². The number of halogens is 2. The summed E-state index contributed by atoms with van der Waals surface area (Å²) < 4.78 is 39.9. The van der Waals surface area contributed by atoms with Gasteiger partial charge in [-0.25, -0.2) is 0 Å². The van der Waals surface area contributed by atoms with Crippen molar-refractivity contribution in [2.75, 3.05) is 6.61 Å². The third kappa shape index (κ3) is 4.89. The summed E-state index contributed by atoms with van der Waals surface area (Å²) in [6.45, 7) is 7.09. The van der Waals surface area contributed by atoms with E-state index in [2.05, 4.69) is 20.8 Å². The summed E-state index contributed by atoms with van der Waals surface area (Å²) >= 11 is 0. The van der Waals surface area contributed by atoms with Gasteiger partial charge in [-0.3, -0.25) is 0 Å². The van der Waals surface area contributed by atoms with Gasteiger partial charge in [-0.15, -0.1) is 0 Å². The smallest absolute Gasteiger partial charge is 0.358 e. The molecule has 0 aromatic heterocycles. The summed E-state index contributed by atoms with van der Waals surface area (Å²) in [6.07, 6.45) is 3.15. The van der Waals surface area contributed by atoms with Crippen LogP contribution in [-0.4, -0.2) is 24.9 Å². The van der Waals surface area contributed by atoms with Crippen LogP contribution in [0.3, 0.4) is 0 Å². The van der Waals surface area contributed by atoms with Gasteiger partial charge in [0.25, 0.3) is 0 Å². The minimum Gasteiger partial charge on any atom is -0.378 e. The zero-order valence-corrected chi connectivity index (χ0v) is 14.3. The van der Waals surface area contributed by atoms with Crippen LogP contribution >= 0.6 is 0 Å². The molecule has 0 heterocycles. The summed E-state index contributed by atoms with van der Waals surface area (Å²) in [5.41, 5.74) is 0. The van der Waals surface area contributed by atoms with E-state index in [1.165, 1.54) is 0 Å². The van der Waals surface area contributed by atoms with Crippen LogP contribution in [0.15, 0.2) is 0 Å². The molecule has 0 spiro atoms. The number of hydrogen-bond acceptors (Lipinski definition) is 2. The molecule has 0 radical (unpaired) electrons. The van der Waals surface area contributed by atoms with E-state index in [0.29, 0.717) is 37.5 Å². The average molecular weight is 318 g/mol. The SMILES string of the molecule is CCCOC1CCC(OC(F)(F)C2CCC(C)CC2)CC1C. The molecule has 2 aliphatic carbocycles. The lowest BCUT2D eigenvalue weighted by Gasteiger charge is -2.38. The van der Waals surface area contributed by atoms with Crippen molar-refractivity contribution in [2.45, 2.75) is 90.5 Å². The Balaban J connectivity index is 1.80. The van der Waals surface area contributed by atoms with Crippen LogP contribution in [0.1, 0.15) is 72.1 Å². The van der Waals surface area contributed by atoms with Crippen molar-refractivity contribution in [1.29, 1.82) is 0 Å². The van der Waals surface area contributed by atoms with E-state index in [1.807, 2.05) is 0 Å². The Morgan fingerprint density at radius 3 is 2.27 bits per heavy atom. The number of rotatable bonds is 6. The number of hydrogen-bond donors (Lipinski definition) is 0. The van der Waals surface area contributed by atoms with Gasteiger partial charge in [0.15, 0.2) is 0 Å². The van der Waals surface area contributed by atoms with Crippen LogP contribution in [0.25, 0.3) is 0 Å². The quantitative estimate of drug-likeness (QED) is 0.652. The highest BCUT2D eigenvalue weighted by Crippen LogP contribution is 2.42. The highest BCUT2D eigenvalue weighted by Gasteiger charge is 2.45. The molecular weight excluding hydrogens is 286 g/mol. The van der Waals surface area contributed by atoms with Crippen molar-refractivity contribution in [3.8, 4) is 0 Å². The van der Waals surface area contributed by atoms with Crippen LogP contribution in [0.4, 0.5) is 8.78 Å². The first kappa shape index (κ1) is 18.1. The molecule has 2 fully saturated rings. The highest BCUT2D eigenvalue weighted by molar-refractivity contribution is 4.82. The van der Waals surface area contributed by atoms with Gasteiger partial charge >= 0.3 is 6.11 Å². The van der Waals surface area contributed by atoms with Gasteiger partial charge < -0.3 is 9.47 Å². The molecule has 0 aliphatic heterocycles. The number of alkyl halides is 2. The molecule has 22 heavy (non-hydrogen) atoms. The van der Waals surface area contributed by atoms with Gasteiger partial charge in [0.2, 0.25) is 0 Å². The second-order valence-corrected chi connectivity index (χ2v) is 7.46. The van der Waals surface area contributed by atoms with Crippen molar-refractivity contribution in [2.24, 2.45) is 17.8 Å². The van der Waals surface area contributed by atoms with E-state index >= 15 is 0 Å². The lowest BCUT2D eigenvalue weighted by Crippen LogP contribution is -2.41. The maximum absolute atomic E-state index is 14.4. The van der Waals surface area contributed by atoms with Crippen LogP contribution in [0, 0.1) is 17.8 Å². The predicted molar refractivity (Wildman–Crippen MR) is 84.0 cm³/mol. The van der Waals surface area contributed by atoms with Crippen molar-refractivity contribution in [3.05, 3.63) is 0 Å². The molecule has 0 saturated heterocycles. The molecule has 4 heteroatoms. The first-order chi connectivity index (χ1) is 10.4. The van der Waals surface area contributed by atoms with Crippen LogP contribution in [-0.2, 0) is 9.47 Å². The van der Waals surface area contributed by atoms with E-state index in [1.54, 1.807) is 0 Å². The molecule has 130 valence electrons. The summed E-state index contributed by atoms with van der Waals surface area (Å²) in [6, 6.07) is 0. The summed E-state index contributed by atoms with van der Waals surface area (Å²) in [5.74, 6) is 0.291. The van der Waals surface area contributed by atoms with Gasteiger partial charge in [-0.1, -0.05) is 33.6 Å². The fourth-order valence-electron chi connectivity index (χ4n) is 3.86. The van der Waals surface area contributed by atoms with E-state index in [0.717, 1.165) is 32.3 Å². The molecule has 0 aromatic carbocycles. The van der Waals surface area contributed by atoms with Gasteiger partial charge in [0, 0.05) is 6.61 Å². The lowest BCUT2D eigenvalue weighted by molar-refractivity contribution is -0.304. The number of ether oxygens (including phenoxy) is 2. The zero-order valence-electron chi connectivity index (χ0n) is 14.3. The minimum absolute atomic E-state index is 0.212. The average Bonchev–Trinajstić information content (AvgIpc) is 2.46. The molecule has 0 aromatic rings. The second-order valence-electron chi connectivity index (χ2n) is 7.46. The normalized spacial score (nSPS) is 37.2. The molecule has 2 nitrogen and oxygen atoms in total. The molecule has 0 bridgehead atoms. The maximum Gasteiger partial charge on any atom is 0.358 e. The first-order valence-electron chi connectivity index (χ1n) is 9.09. The molecule has 2 aliphatic rings. The molecular formula is C18H32F2O2. The largest absolute Gasteiger partial charge is 0.378 e. The topological polar surface area (TPSA) is 18.5 Å². The Hall–Kier alpha value is -0.220. The maximum atomic E-state index is 14.4. The van der Waals surface area contributed by atoms with Gasteiger partial charge in [-0.05, 0) is 50.4 Å². The van der Waals surface area contributed by atoms with Crippen LogP contribution < -0.4 is 0 Å². The Morgan fingerprint density at radius 1 is 1.00 bits per heavy atom. The highest BCUT2D eigenvalue weighted by atomic mass is 19.3. The third-order valence-electron chi connectivity index (χ3n) is 5.39. The molecule has 3 atom stereocenters. The summed E-state index contributed by atoms with van der Waals surface area (Å²) in [5, 5.41) is 0. The Morgan fingerprint density at radius 2 is 1.68 bits per heavy atom. The fourth-order valence-corrected chi connectivity index (χ4v) is 3.86. The van der Waals surface area contributed by atoms with E-state index in [-0.39, 0.29) is 12.2 Å². The summed E-state index contributed by atoms with van der Waals surface area (Å²) in [4.78, 5) is 0. The van der Waals surface area contributed by atoms with Gasteiger partial charge in [-0.2, -0.15) is 8.78 Å².